The van der Waals surface area contributed by atoms with Gasteiger partial charge in [-0.1, -0.05) is 6.42 Å². The molecular weight excluding hydrogens is 262 g/mol. The number of aliphatic carboxylic acids is 1. The topological polar surface area (TPSA) is 95.5 Å². The van der Waals surface area contributed by atoms with Crippen LogP contribution in [0.15, 0.2) is 11.1 Å². The van der Waals surface area contributed by atoms with Crippen molar-refractivity contribution in [3.63, 3.8) is 0 Å². The van der Waals surface area contributed by atoms with Crippen LogP contribution in [-0.2, 0) is 4.79 Å². The van der Waals surface area contributed by atoms with Crippen LogP contribution in [0.25, 0.3) is 0 Å². The Morgan fingerprint density at radius 1 is 1.55 bits per heavy atom. The second kappa shape index (κ2) is 4.81. The molecule has 0 aromatic carbocycles. The number of nitrogens with one attached hydrogen (secondary N) is 1. The Bertz CT molecular complexity index is 585. The first kappa shape index (κ1) is 13.0. The Morgan fingerprint density at radius 2 is 2.35 bits per heavy atom. The third kappa shape index (κ3) is 1.85. The van der Waals surface area contributed by atoms with E-state index in [1.807, 2.05) is 0 Å². The number of H-pyrrole nitrogens is 1. The molecule has 2 N–H and O–H groups in total. The summed E-state index contributed by atoms with van der Waals surface area (Å²) in [7, 11) is 1.39. The van der Waals surface area contributed by atoms with Crippen molar-refractivity contribution in [2.45, 2.75) is 25.3 Å². The van der Waals surface area contributed by atoms with Crippen molar-refractivity contribution in [2.24, 2.45) is 11.8 Å². The molecule has 1 aromatic heterocycles. The lowest BCUT2D eigenvalue weighted by Gasteiger charge is -2.26. The first-order valence-corrected chi connectivity index (χ1v) is 6.74. The second-order valence-electron chi connectivity index (χ2n) is 5.38. The van der Waals surface area contributed by atoms with Crippen molar-refractivity contribution >= 4 is 11.8 Å². The largest absolute Gasteiger partial charge is 0.489 e. The minimum Gasteiger partial charge on any atom is -0.489 e. The maximum atomic E-state index is 11.8. The summed E-state index contributed by atoms with van der Waals surface area (Å²) in [4.78, 5) is 31.7. The van der Waals surface area contributed by atoms with Crippen LogP contribution in [-0.4, -0.2) is 40.7 Å². The van der Waals surface area contributed by atoms with E-state index in [1.165, 1.54) is 13.4 Å². The fourth-order valence-corrected chi connectivity index (χ4v) is 3.61. The van der Waals surface area contributed by atoms with Gasteiger partial charge in [0.2, 0.25) is 5.75 Å². The van der Waals surface area contributed by atoms with E-state index in [2.05, 4.69) is 9.97 Å². The molecule has 108 valence electrons. The maximum absolute atomic E-state index is 11.8. The number of carbonyl (C=O) groups is 1. The van der Waals surface area contributed by atoms with Crippen LogP contribution in [0.3, 0.4) is 0 Å². The van der Waals surface area contributed by atoms with Gasteiger partial charge >= 0.3 is 5.97 Å². The average molecular weight is 279 g/mol. The van der Waals surface area contributed by atoms with Gasteiger partial charge in [-0.25, -0.2) is 9.78 Å². The summed E-state index contributed by atoms with van der Waals surface area (Å²) in [5, 5.41) is 9.53. The van der Waals surface area contributed by atoms with Gasteiger partial charge in [0.25, 0.3) is 5.56 Å². The lowest BCUT2D eigenvalue weighted by molar-refractivity contribution is -0.139. The zero-order valence-corrected chi connectivity index (χ0v) is 11.2. The molecule has 1 aliphatic carbocycles. The molecule has 0 radical (unpaired) electrons. The van der Waals surface area contributed by atoms with Crippen molar-refractivity contribution in [1.82, 2.24) is 9.97 Å². The number of anilines is 1. The molecule has 1 saturated heterocycles. The van der Waals surface area contributed by atoms with Gasteiger partial charge in [-0.05, 0) is 24.7 Å². The van der Waals surface area contributed by atoms with E-state index in [1.54, 1.807) is 4.90 Å². The Hall–Kier alpha value is -2.05. The monoisotopic (exact) mass is 279 g/mol. The molecule has 0 spiro atoms. The van der Waals surface area contributed by atoms with Gasteiger partial charge < -0.3 is 19.7 Å². The van der Waals surface area contributed by atoms with E-state index in [0.29, 0.717) is 18.3 Å². The average Bonchev–Trinajstić information content (AvgIpc) is 2.97. The van der Waals surface area contributed by atoms with Crippen LogP contribution in [0.2, 0.25) is 0 Å². The highest BCUT2D eigenvalue weighted by atomic mass is 16.5. The van der Waals surface area contributed by atoms with E-state index in [0.717, 1.165) is 19.3 Å². The van der Waals surface area contributed by atoms with E-state index >= 15 is 0 Å². The van der Waals surface area contributed by atoms with Gasteiger partial charge in [-0.3, -0.25) is 4.79 Å². The normalized spacial score (nSPS) is 28.4. The molecule has 7 heteroatoms. The fraction of sp³-hybridized carbons (Fsp3) is 0.615. The number of ether oxygens (including phenoxy) is 1. The first-order valence-electron chi connectivity index (χ1n) is 6.74. The molecule has 2 fully saturated rings. The van der Waals surface area contributed by atoms with E-state index in [-0.39, 0.29) is 11.7 Å². The molecule has 3 atom stereocenters. The van der Waals surface area contributed by atoms with Crippen molar-refractivity contribution in [3.05, 3.63) is 16.7 Å². The standard InChI is InChI=1S/C13H17N3O4/c1-20-10-11(14-6-15-12(10)17)16-5-7-3-2-4-8(7)9(16)13(18)19/h6-9H,2-5H2,1H3,(H,18,19)(H,14,15,17). The molecule has 1 saturated carbocycles. The number of aromatic amines is 1. The molecule has 1 aromatic rings. The van der Waals surface area contributed by atoms with Gasteiger partial charge in [0, 0.05) is 6.54 Å². The summed E-state index contributed by atoms with van der Waals surface area (Å²) in [6, 6.07) is -0.620. The summed E-state index contributed by atoms with van der Waals surface area (Å²) in [6.07, 6.45) is 4.32. The van der Waals surface area contributed by atoms with Crippen LogP contribution in [0.1, 0.15) is 19.3 Å². The third-order valence-corrected chi connectivity index (χ3v) is 4.41. The quantitative estimate of drug-likeness (QED) is 0.835. The first-order chi connectivity index (χ1) is 9.63. The molecule has 2 aliphatic rings. The highest BCUT2D eigenvalue weighted by molar-refractivity contribution is 5.80. The summed E-state index contributed by atoms with van der Waals surface area (Å²) >= 11 is 0. The van der Waals surface area contributed by atoms with E-state index in [4.69, 9.17) is 4.74 Å². The molecular formula is C13H17N3O4. The molecule has 0 amide bonds. The molecule has 0 bridgehead atoms. The number of fused-ring (bicyclic) bond motifs is 1. The summed E-state index contributed by atoms with van der Waals surface area (Å²) in [5.41, 5.74) is -0.390. The van der Waals surface area contributed by atoms with Gasteiger partial charge in [0.05, 0.1) is 13.4 Å². The number of carboxylic acid groups (broad SMARTS) is 1. The lowest BCUT2D eigenvalue weighted by Crippen LogP contribution is -2.40. The van der Waals surface area contributed by atoms with Crippen LogP contribution >= 0.6 is 0 Å². The number of hydrogen-bond donors (Lipinski definition) is 2. The van der Waals surface area contributed by atoms with Gasteiger partial charge in [-0.15, -0.1) is 0 Å². The number of hydrogen-bond acceptors (Lipinski definition) is 5. The van der Waals surface area contributed by atoms with Gasteiger partial charge in [0.1, 0.15) is 6.04 Å². The van der Waals surface area contributed by atoms with Crippen molar-refractivity contribution in [2.75, 3.05) is 18.6 Å². The van der Waals surface area contributed by atoms with E-state index < -0.39 is 17.6 Å². The smallest absolute Gasteiger partial charge is 0.326 e. The zero-order valence-electron chi connectivity index (χ0n) is 11.2. The molecule has 20 heavy (non-hydrogen) atoms. The van der Waals surface area contributed by atoms with Crippen LogP contribution in [0, 0.1) is 11.8 Å². The lowest BCUT2D eigenvalue weighted by atomic mass is 9.94. The molecule has 3 unspecified atom stereocenters. The number of nitrogens with zero attached hydrogens (tertiary/aromatic N) is 2. The maximum Gasteiger partial charge on any atom is 0.326 e. The van der Waals surface area contributed by atoms with Crippen LogP contribution in [0.4, 0.5) is 5.82 Å². The second-order valence-corrected chi connectivity index (χ2v) is 5.38. The fourth-order valence-electron chi connectivity index (χ4n) is 3.61. The molecule has 7 nitrogen and oxygen atoms in total. The number of methoxy groups -OCH3 is 1. The summed E-state index contributed by atoms with van der Waals surface area (Å²) < 4.78 is 5.10. The minimum absolute atomic E-state index is 0.0822. The van der Waals surface area contributed by atoms with Crippen molar-refractivity contribution < 1.29 is 14.6 Å². The summed E-state index contributed by atoms with van der Waals surface area (Å²) in [5.74, 6) is 0.0560. The number of carboxylic acids is 1. The molecule has 3 rings (SSSR count). The predicted octanol–water partition coefficient (Wildman–Crippen LogP) is 0.468. The van der Waals surface area contributed by atoms with Crippen LogP contribution in [0.5, 0.6) is 5.75 Å². The highest BCUT2D eigenvalue weighted by Gasteiger charge is 2.49. The SMILES string of the molecule is COc1c(N2CC3CCCC3C2C(=O)O)nc[nH]c1=O. The Morgan fingerprint density at radius 3 is 3.05 bits per heavy atom. The third-order valence-electron chi connectivity index (χ3n) is 4.41. The summed E-state index contributed by atoms with van der Waals surface area (Å²) in [6.45, 7) is 0.619. The molecule has 2 heterocycles. The number of rotatable bonds is 3. The Balaban J connectivity index is 2.03. The number of aromatic nitrogens is 2. The Kier molecular flexibility index (Phi) is 3.11. The van der Waals surface area contributed by atoms with Crippen LogP contribution < -0.4 is 15.2 Å². The zero-order chi connectivity index (χ0) is 14.3. The Labute approximate surface area is 115 Å². The predicted molar refractivity (Wildman–Crippen MR) is 71.0 cm³/mol. The minimum atomic E-state index is -0.858. The molecule has 1 aliphatic heterocycles. The van der Waals surface area contributed by atoms with Gasteiger partial charge in [0.15, 0.2) is 5.82 Å². The van der Waals surface area contributed by atoms with Crippen molar-refractivity contribution in [3.8, 4) is 5.75 Å². The van der Waals surface area contributed by atoms with Gasteiger partial charge in [-0.2, -0.15) is 0 Å². The van der Waals surface area contributed by atoms with E-state index in [9.17, 15) is 14.7 Å². The highest BCUT2D eigenvalue weighted by Crippen LogP contribution is 2.44. The van der Waals surface area contributed by atoms with Crippen molar-refractivity contribution in [1.29, 1.82) is 0 Å².